The minimum Gasteiger partial charge on any atom is -0.395 e. The third-order valence-electron chi connectivity index (χ3n) is 3.72. The van der Waals surface area contributed by atoms with E-state index in [1.54, 1.807) is 6.07 Å². The van der Waals surface area contributed by atoms with Gasteiger partial charge in [-0.15, -0.1) is 0 Å². The van der Waals surface area contributed by atoms with Gasteiger partial charge in [0.15, 0.2) is 0 Å². The smallest absolute Gasteiger partial charge is 0.395 e. The van der Waals surface area contributed by atoms with Gasteiger partial charge in [0.2, 0.25) is 0 Å². The summed E-state index contributed by atoms with van der Waals surface area (Å²) in [6.45, 7) is 2.63. The van der Waals surface area contributed by atoms with Crippen LogP contribution in [0.15, 0.2) is 24.3 Å². The average molecular weight is 302 g/mol. The third-order valence-corrected chi connectivity index (χ3v) is 3.72. The summed E-state index contributed by atoms with van der Waals surface area (Å²) in [4.78, 5) is 2.00. The van der Waals surface area contributed by atoms with Crippen LogP contribution in [0.3, 0.4) is 0 Å². The molecule has 118 valence electrons. The molecule has 1 aromatic rings. The molecule has 0 saturated carbocycles. The first-order valence-corrected chi connectivity index (χ1v) is 7.22. The molecule has 0 aromatic heterocycles. The zero-order valence-electron chi connectivity index (χ0n) is 11.9. The van der Waals surface area contributed by atoms with Gasteiger partial charge in [-0.1, -0.05) is 18.2 Å². The topological polar surface area (TPSA) is 35.5 Å². The van der Waals surface area contributed by atoms with Gasteiger partial charge in [0.25, 0.3) is 0 Å². The van der Waals surface area contributed by atoms with Crippen LogP contribution in [-0.4, -0.2) is 42.3 Å². The highest BCUT2D eigenvalue weighted by Gasteiger charge is 2.30. The Bertz CT molecular complexity index is 445. The van der Waals surface area contributed by atoms with Crippen molar-refractivity contribution in [3.63, 3.8) is 0 Å². The van der Waals surface area contributed by atoms with E-state index in [2.05, 4.69) is 5.32 Å². The Morgan fingerprint density at radius 3 is 2.76 bits per heavy atom. The number of nitrogens with one attached hydrogen (secondary N) is 1. The molecule has 1 heterocycles. The monoisotopic (exact) mass is 302 g/mol. The SMILES string of the molecule is OCCN(Cc1cccc(C(F)(F)F)c1)CC1CCCN1. The molecule has 0 amide bonds. The number of nitrogens with zero attached hydrogens (tertiary/aromatic N) is 1. The highest BCUT2D eigenvalue weighted by molar-refractivity contribution is 5.25. The second kappa shape index (κ2) is 7.24. The van der Waals surface area contributed by atoms with Crippen LogP contribution in [0.25, 0.3) is 0 Å². The Hall–Kier alpha value is -1.11. The normalized spacial score (nSPS) is 19.4. The molecule has 0 bridgehead atoms. The summed E-state index contributed by atoms with van der Waals surface area (Å²) >= 11 is 0. The van der Waals surface area contributed by atoms with Crippen LogP contribution in [0.5, 0.6) is 0 Å². The van der Waals surface area contributed by atoms with Gasteiger partial charge >= 0.3 is 6.18 Å². The largest absolute Gasteiger partial charge is 0.416 e. The standard InChI is InChI=1S/C15H21F3N2O/c16-15(17,18)13-4-1-3-12(9-13)10-20(7-8-21)11-14-5-2-6-19-14/h1,3-4,9,14,19,21H,2,5-8,10-11H2. The van der Waals surface area contributed by atoms with Crippen LogP contribution in [0.4, 0.5) is 13.2 Å². The van der Waals surface area contributed by atoms with Gasteiger partial charge in [0.05, 0.1) is 12.2 Å². The minimum atomic E-state index is -4.31. The van der Waals surface area contributed by atoms with E-state index in [1.807, 2.05) is 4.90 Å². The van der Waals surface area contributed by atoms with E-state index in [4.69, 9.17) is 5.11 Å². The molecule has 1 saturated heterocycles. The van der Waals surface area contributed by atoms with Gasteiger partial charge in [0.1, 0.15) is 0 Å². The van der Waals surface area contributed by atoms with Gasteiger partial charge < -0.3 is 10.4 Å². The second-order valence-corrected chi connectivity index (χ2v) is 5.45. The van der Waals surface area contributed by atoms with Crippen molar-refractivity contribution in [2.45, 2.75) is 31.6 Å². The highest BCUT2D eigenvalue weighted by Crippen LogP contribution is 2.29. The van der Waals surface area contributed by atoms with Crippen LogP contribution in [0, 0.1) is 0 Å². The average Bonchev–Trinajstić information content (AvgIpc) is 2.91. The highest BCUT2D eigenvalue weighted by atomic mass is 19.4. The number of hydrogen-bond acceptors (Lipinski definition) is 3. The summed E-state index contributed by atoms with van der Waals surface area (Å²) in [7, 11) is 0. The molecule has 1 atom stereocenters. The minimum absolute atomic E-state index is 0.00564. The Labute approximate surface area is 122 Å². The summed E-state index contributed by atoms with van der Waals surface area (Å²) in [6.07, 6.45) is -2.11. The summed E-state index contributed by atoms with van der Waals surface area (Å²) < 4.78 is 38.2. The summed E-state index contributed by atoms with van der Waals surface area (Å²) in [5, 5.41) is 12.5. The Morgan fingerprint density at radius 2 is 2.14 bits per heavy atom. The van der Waals surface area contributed by atoms with E-state index in [-0.39, 0.29) is 6.61 Å². The molecule has 0 radical (unpaired) electrons. The van der Waals surface area contributed by atoms with Crippen molar-refractivity contribution in [3.8, 4) is 0 Å². The predicted octanol–water partition coefficient (Wildman–Crippen LogP) is 2.25. The fourth-order valence-corrected chi connectivity index (χ4v) is 2.70. The molecule has 1 aromatic carbocycles. The number of benzene rings is 1. The lowest BCUT2D eigenvalue weighted by Crippen LogP contribution is -2.38. The van der Waals surface area contributed by atoms with Crippen molar-refractivity contribution in [2.75, 3.05) is 26.2 Å². The maximum Gasteiger partial charge on any atom is 0.416 e. The third kappa shape index (κ3) is 4.98. The first-order valence-electron chi connectivity index (χ1n) is 7.22. The van der Waals surface area contributed by atoms with Crippen LogP contribution >= 0.6 is 0 Å². The molecular weight excluding hydrogens is 281 g/mol. The van der Waals surface area contributed by atoms with E-state index in [9.17, 15) is 13.2 Å². The molecular formula is C15H21F3N2O. The summed E-state index contributed by atoms with van der Waals surface area (Å²) in [5.74, 6) is 0. The Morgan fingerprint density at radius 1 is 1.33 bits per heavy atom. The molecule has 2 rings (SSSR count). The first-order chi connectivity index (χ1) is 9.99. The first kappa shape index (κ1) is 16.3. The second-order valence-electron chi connectivity index (χ2n) is 5.45. The molecule has 1 aliphatic heterocycles. The fraction of sp³-hybridized carbons (Fsp3) is 0.600. The molecule has 21 heavy (non-hydrogen) atoms. The molecule has 0 aliphatic carbocycles. The van der Waals surface area contributed by atoms with Gasteiger partial charge in [-0.05, 0) is 31.0 Å². The van der Waals surface area contributed by atoms with E-state index >= 15 is 0 Å². The van der Waals surface area contributed by atoms with Crippen molar-refractivity contribution in [1.82, 2.24) is 10.2 Å². The zero-order valence-corrected chi connectivity index (χ0v) is 11.9. The summed E-state index contributed by atoms with van der Waals surface area (Å²) in [6, 6.07) is 5.76. The number of hydrogen-bond donors (Lipinski definition) is 2. The zero-order chi connectivity index (χ0) is 15.3. The van der Waals surface area contributed by atoms with Crippen molar-refractivity contribution in [2.24, 2.45) is 0 Å². The lowest BCUT2D eigenvalue weighted by Gasteiger charge is -2.25. The molecule has 1 fully saturated rings. The van der Waals surface area contributed by atoms with Crippen molar-refractivity contribution < 1.29 is 18.3 Å². The van der Waals surface area contributed by atoms with E-state index < -0.39 is 11.7 Å². The number of alkyl halides is 3. The number of rotatable bonds is 6. The lowest BCUT2D eigenvalue weighted by atomic mass is 10.1. The number of halogens is 3. The van der Waals surface area contributed by atoms with Crippen LogP contribution in [-0.2, 0) is 12.7 Å². The molecule has 2 N–H and O–H groups in total. The quantitative estimate of drug-likeness (QED) is 0.846. The van der Waals surface area contributed by atoms with Crippen molar-refractivity contribution in [3.05, 3.63) is 35.4 Å². The van der Waals surface area contributed by atoms with E-state index in [1.165, 1.54) is 12.1 Å². The van der Waals surface area contributed by atoms with Gasteiger partial charge in [-0.25, -0.2) is 0 Å². The Balaban J connectivity index is 2.01. The molecule has 0 spiro atoms. The maximum atomic E-state index is 12.7. The molecule has 3 nitrogen and oxygen atoms in total. The maximum absolute atomic E-state index is 12.7. The van der Waals surface area contributed by atoms with Crippen LogP contribution in [0.2, 0.25) is 0 Å². The van der Waals surface area contributed by atoms with E-state index in [0.717, 1.165) is 32.0 Å². The lowest BCUT2D eigenvalue weighted by molar-refractivity contribution is -0.137. The van der Waals surface area contributed by atoms with Gasteiger partial charge in [-0.2, -0.15) is 13.2 Å². The van der Waals surface area contributed by atoms with Crippen LogP contribution < -0.4 is 5.32 Å². The number of aliphatic hydroxyl groups excluding tert-OH is 1. The summed E-state index contributed by atoms with van der Waals surface area (Å²) in [5.41, 5.74) is -0.000730. The Kier molecular flexibility index (Phi) is 5.61. The fourth-order valence-electron chi connectivity index (χ4n) is 2.70. The van der Waals surface area contributed by atoms with E-state index in [0.29, 0.717) is 24.7 Å². The van der Waals surface area contributed by atoms with Gasteiger partial charge in [-0.3, -0.25) is 4.90 Å². The van der Waals surface area contributed by atoms with Crippen molar-refractivity contribution in [1.29, 1.82) is 0 Å². The van der Waals surface area contributed by atoms with Crippen molar-refractivity contribution >= 4 is 0 Å². The number of aliphatic hydroxyl groups is 1. The molecule has 1 unspecified atom stereocenters. The molecule has 6 heteroatoms. The molecule has 1 aliphatic rings. The van der Waals surface area contributed by atoms with Gasteiger partial charge in [0, 0.05) is 25.7 Å². The predicted molar refractivity (Wildman–Crippen MR) is 74.8 cm³/mol. The van der Waals surface area contributed by atoms with Crippen LogP contribution in [0.1, 0.15) is 24.0 Å².